The topological polar surface area (TPSA) is 46.5 Å². The summed E-state index contributed by atoms with van der Waals surface area (Å²) < 4.78 is 4.52. The largest absolute Gasteiger partial charge is 0.505 e. The molecule has 1 unspecified atom stereocenters. The van der Waals surface area contributed by atoms with Gasteiger partial charge in [0.25, 0.3) is 0 Å². The number of hydrogen-bond donors (Lipinski definition) is 1. The second-order valence-electron chi connectivity index (χ2n) is 11.8. The van der Waals surface area contributed by atoms with Crippen LogP contribution in [0.1, 0.15) is 194 Å². The second-order valence-corrected chi connectivity index (χ2v) is 11.8. The van der Waals surface area contributed by atoms with E-state index >= 15 is 0 Å². The molecule has 0 aliphatic rings. The van der Waals surface area contributed by atoms with Crippen molar-refractivity contribution in [2.75, 3.05) is 6.61 Å². The first kappa shape index (κ1) is 37.0. The lowest BCUT2D eigenvalue weighted by Gasteiger charge is -2.17. The summed E-state index contributed by atoms with van der Waals surface area (Å²) in [4.78, 5) is 10.3. The predicted octanol–water partition coefficient (Wildman–Crippen LogP) is 12.8. The van der Waals surface area contributed by atoms with Gasteiger partial charge in [-0.1, -0.05) is 174 Å². The maximum Gasteiger partial charge on any atom is 0.505 e. The first-order valence-electron chi connectivity index (χ1n) is 17.2. The van der Waals surface area contributed by atoms with Crippen LogP contribution in [0.15, 0.2) is 12.2 Å². The van der Waals surface area contributed by atoms with Crippen LogP contribution in [0.25, 0.3) is 0 Å². The van der Waals surface area contributed by atoms with Crippen LogP contribution in [0.3, 0.4) is 0 Å². The van der Waals surface area contributed by atoms with Gasteiger partial charge in [0.05, 0.1) is 6.61 Å². The van der Waals surface area contributed by atoms with Crippen LogP contribution < -0.4 is 0 Å². The summed E-state index contributed by atoms with van der Waals surface area (Å²) in [5.41, 5.74) is 0. The van der Waals surface area contributed by atoms with Gasteiger partial charge in [0.1, 0.15) is 0 Å². The SMILES string of the molecule is CCCCCCCCC(CCCCCC)CCCCCCCCCC=CCCCCCCCCOC(=O)O. The Bertz CT molecular complexity index is 488. The Morgan fingerprint density at radius 2 is 0.868 bits per heavy atom. The average Bonchev–Trinajstić information content (AvgIpc) is 2.91. The van der Waals surface area contributed by atoms with Crippen molar-refractivity contribution in [1.82, 2.24) is 0 Å². The molecule has 38 heavy (non-hydrogen) atoms. The van der Waals surface area contributed by atoms with Gasteiger partial charge < -0.3 is 9.84 Å². The maximum atomic E-state index is 10.3. The van der Waals surface area contributed by atoms with Crippen LogP contribution in [0, 0.1) is 5.92 Å². The first-order valence-corrected chi connectivity index (χ1v) is 17.2. The van der Waals surface area contributed by atoms with E-state index < -0.39 is 6.16 Å². The number of ether oxygens (including phenoxy) is 1. The standard InChI is InChI=1S/C35H68O3/c1-3-5-7-9-23-27-31-34(30-26-8-6-4-2)32-28-24-21-19-17-15-13-11-10-12-14-16-18-20-22-25-29-33-38-35(36)37/h10,12,34H,3-9,11,13-33H2,1-2H3,(H,36,37). The second kappa shape index (κ2) is 32.2. The van der Waals surface area contributed by atoms with Gasteiger partial charge in [-0.3, -0.25) is 0 Å². The Labute approximate surface area is 239 Å². The molecule has 1 atom stereocenters. The summed E-state index contributed by atoms with van der Waals surface area (Å²) in [6, 6.07) is 0. The van der Waals surface area contributed by atoms with Crippen LogP contribution in [-0.4, -0.2) is 17.9 Å². The van der Waals surface area contributed by atoms with Gasteiger partial charge in [-0.05, 0) is 38.0 Å². The van der Waals surface area contributed by atoms with E-state index in [-0.39, 0.29) is 0 Å². The third kappa shape index (κ3) is 31.2. The highest BCUT2D eigenvalue weighted by atomic mass is 16.7. The molecule has 0 saturated heterocycles. The van der Waals surface area contributed by atoms with Crippen LogP contribution in [0.2, 0.25) is 0 Å². The first-order chi connectivity index (χ1) is 18.7. The third-order valence-corrected chi connectivity index (χ3v) is 8.07. The zero-order valence-corrected chi connectivity index (χ0v) is 26.0. The average molecular weight is 537 g/mol. The molecule has 3 nitrogen and oxygen atoms in total. The molecule has 0 aromatic rings. The van der Waals surface area contributed by atoms with E-state index in [0.29, 0.717) is 6.61 Å². The molecular formula is C35H68O3. The molecule has 1 N–H and O–H groups in total. The number of unbranched alkanes of at least 4 members (excludes halogenated alkanes) is 21. The Hall–Kier alpha value is -0.990. The van der Waals surface area contributed by atoms with Crippen LogP contribution >= 0.6 is 0 Å². The van der Waals surface area contributed by atoms with Crippen molar-refractivity contribution in [3.05, 3.63) is 12.2 Å². The normalized spacial score (nSPS) is 12.4. The van der Waals surface area contributed by atoms with E-state index in [0.717, 1.165) is 18.8 Å². The van der Waals surface area contributed by atoms with Crippen molar-refractivity contribution in [3.8, 4) is 0 Å². The van der Waals surface area contributed by atoms with Gasteiger partial charge in [0.15, 0.2) is 0 Å². The summed E-state index contributed by atoms with van der Waals surface area (Å²) in [6.07, 6.45) is 41.8. The number of hydrogen-bond acceptors (Lipinski definition) is 2. The monoisotopic (exact) mass is 537 g/mol. The van der Waals surface area contributed by atoms with Gasteiger partial charge in [0, 0.05) is 0 Å². The molecule has 0 spiro atoms. The highest BCUT2D eigenvalue weighted by Gasteiger charge is 2.08. The predicted molar refractivity (Wildman–Crippen MR) is 167 cm³/mol. The van der Waals surface area contributed by atoms with Crippen molar-refractivity contribution in [2.24, 2.45) is 5.92 Å². The molecule has 0 radical (unpaired) electrons. The summed E-state index contributed by atoms with van der Waals surface area (Å²) in [5.74, 6) is 1.01. The van der Waals surface area contributed by atoms with E-state index in [4.69, 9.17) is 5.11 Å². The molecule has 0 heterocycles. The molecular weight excluding hydrogens is 468 g/mol. The van der Waals surface area contributed by atoms with E-state index in [2.05, 4.69) is 30.7 Å². The Kier molecular flexibility index (Phi) is 31.4. The minimum Gasteiger partial charge on any atom is -0.450 e. The molecule has 0 aliphatic heterocycles. The van der Waals surface area contributed by atoms with E-state index in [9.17, 15) is 4.79 Å². The van der Waals surface area contributed by atoms with Crippen LogP contribution in [0.4, 0.5) is 4.79 Å². The Balaban J connectivity index is 3.53. The highest BCUT2D eigenvalue weighted by molar-refractivity contribution is 5.56. The molecule has 0 aliphatic carbocycles. The zero-order valence-electron chi connectivity index (χ0n) is 26.0. The minimum absolute atomic E-state index is 0.344. The van der Waals surface area contributed by atoms with Gasteiger partial charge in [-0.2, -0.15) is 0 Å². The van der Waals surface area contributed by atoms with Gasteiger partial charge in [-0.15, -0.1) is 0 Å². The Morgan fingerprint density at radius 3 is 1.29 bits per heavy atom. The van der Waals surface area contributed by atoms with Crippen molar-refractivity contribution < 1.29 is 14.6 Å². The quantitative estimate of drug-likeness (QED) is 0.0544. The lowest BCUT2D eigenvalue weighted by Crippen LogP contribution is -2.01. The number of carboxylic acid groups (broad SMARTS) is 1. The van der Waals surface area contributed by atoms with Gasteiger partial charge in [-0.25, -0.2) is 4.79 Å². The highest BCUT2D eigenvalue weighted by Crippen LogP contribution is 2.24. The lowest BCUT2D eigenvalue weighted by molar-refractivity contribution is 0.0899. The molecule has 0 aromatic heterocycles. The van der Waals surface area contributed by atoms with Crippen molar-refractivity contribution >= 4 is 6.16 Å². The molecule has 0 saturated carbocycles. The smallest absolute Gasteiger partial charge is 0.450 e. The van der Waals surface area contributed by atoms with E-state index in [1.807, 2.05) is 0 Å². The summed E-state index contributed by atoms with van der Waals surface area (Å²) in [6.45, 7) is 4.98. The summed E-state index contributed by atoms with van der Waals surface area (Å²) in [5, 5.41) is 8.42. The Morgan fingerprint density at radius 1 is 0.526 bits per heavy atom. The van der Waals surface area contributed by atoms with E-state index in [1.165, 1.54) is 167 Å². The number of allylic oxidation sites excluding steroid dienone is 2. The maximum absolute atomic E-state index is 10.3. The molecule has 0 amide bonds. The lowest BCUT2D eigenvalue weighted by atomic mass is 9.89. The molecule has 0 rings (SSSR count). The van der Waals surface area contributed by atoms with Crippen LogP contribution in [0.5, 0.6) is 0 Å². The van der Waals surface area contributed by atoms with Gasteiger partial charge in [0.2, 0.25) is 0 Å². The van der Waals surface area contributed by atoms with Gasteiger partial charge >= 0.3 is 6.16 Å². The fraction of sp³-hybridized carbons (Fsp3) is 0.914. The van der Waals surface area contributed by atoms with E-state index in [1.54, 1.807) is 0 Å². The fourth-order valence-electron chi connectivity index (χ4n) is 5.55. The number of carbonyl (C=O) groups is 1. The summed E-state index contributed by atoms with van der Waals surface area (Å²) in [7, 11) is 0. The molecule has 226 valence electrons. The molecule has 0 aromatic carbocycles. The molecule has 0 fully saturated rings. The summed E-state index contributed by atoms with van der Waals surface area (Å²) >= 11 is 0. The number of rotatable bonds is 31. The molecule has 0 bridgehead atoms. The van der Waals surface area contributed by atoms with Crippen molar-refractivity contribution in [1.29, 1.82) is 0 Å². The molecule has 3 heteroatoms. The fourth-order valence-corrected chi connectivity index (χ4v) is 5.55. The van der Waals surface area contributed by atoms with Crippen molar-refractivity contribution in [2.45, 2.75) is 194 Å². The third-order valence-electron chi connectivity index (χ3n) is 8.07. The zero-order chi connectivity index (χ0) is 27.8. The van der Waals surface area contributed by atoms with Crippen molar-refractivity contribution in [3.63, 3.8) is 0 Å². The minimum atomic E-state index is -1.15. The van der Waals surface area contributed by atoms with Crippen LogP contribution in [-0.2, 0) is 4.74 Å².